The number of carbonyl (C=O) groups is 2. The molecule has 1 aliphatic carbocycles. The Morgan fingerprint density at radius 1 is 0.966 bits per heavy atom. The van der Waals surface area contributed by atoms with Crippen LogP contribution in [0, 0.1) is 11.8 Å². The fraction of sp³-hybridized carbons (Fsp3) is 0.440. The van der Waals surface area contributed by atoms with Crippen LogP contribution >= 0.6 is 11.6 Å². The van der Waals surface area contributed by atoms with Crippen LogP contribution in [0.2, 0.25) is 5.02 Å². The van der Waals surface area contributed by atoms with Gasteiger partial charge in [0.1, 0.15) is 17.5 Å². The topological polar surface area (TPSA) is 43.4 Å². The molecule has 152 valence electrons. The molecular formula is C25H27ClO3. The minimum absolute atomic E-state index is 0.0770. The van der Waals surface area contributed by atoms with Crippen molar-refractivity contribution in [1.82, 2.24) is 0 Å². The van der Waals surface area contributed by atoms with Crippen molar-refractivity contribution in [2.45, 2.75) is 44.9 Å². The van der Waals surface area contributed by atoms with Gasteiger partial charge in [0.15, 0.2) is 0 Å². The first kappa shape index (κ1) is 20.3. The van der Waals surface area contributed by atoms with E-state index < -0.39 is 5.92 Å². The Kier molecular flexibility index (Phi) is 6.17. The summed E-state index contributed by atoms with van der Waals surface area (Å²) in [5, 5.41) is 0.690. The molecule has 29 heavy (non-hydrogen) atoms. The average Bonchev–Trinajstić information content (AvgIpc) is 3.21. The number of ether oxygens (including phenoxy) is 1. The normalized spacial score (nSPS) is 24.8. The summed E-state index contributed by atoms with van der Waals surface area (Å²) < 4.78 is 5.46. The Labute approximate surface area is 177 Å². The maximum atomic E-state index is 13.1. The van der Waals surface area contributed by atoms with E-state index in [1.807, 2.05) is 30.3 Å². The molecule has 2 aromatic carbocycles. The van der Waals surface area contributed by atoms with Crippen molar-refractivity contribution in [1.29, 1.82) is 0 Å². The van der Waals surface area contributed by atoms with Crippen LogP contribution in [0.5, 0.6) is 0 Å². The van der Waals surface area contributed by atoms with Gasteiger partial charge in [-0.2, -0.15) is 0 Å². The zero-order valence-corrected chi connectivity index (χ0v) is 17.6. The van der Waals surface area contributed by atoms with Crippen molar-refractivity contribution < 1.29 is 14.3 Å². The molecule has 0 radical (unpaired) electrons. The molecular weight excluding hydrogens is 384 g/mol. The number of halogens is 1. The fourth-order valence-electron chi connectivity index (χ4n) is 4.82. The molecule has 1 atom stereocenters. The number of Topliss-reactive ketones (excluding diaryl/α,β-unsaturated/α-hetero) is 2. The molecule has 0 bridgehead atoms. The van der Waals surface area contributed by atoms with Crippen molar-refractivity contribution in [3.63, 3.8) is 0 Å². The van der Waals surface area contributed by atoms with Crippen LogP contribution < -0.4 is 0 Å². The highest BCUT2D eigenvalue weighted by Gasteiger charge is 2.38. The fourth-order valence-corrected chi connectivity index (χ4v) is 4.94. The van der Waals surface area contributed by atoms with E-state index in [4.69, 9.17) is 16.3 Å². The van der Waals surface area contributed by atoms with Gasteiger partial charge in [-0.3, -0.25) is 9.59 Å². The quantitative estimate of drug-likeness (QED) is 0.600. The molecule has 0 aromatic heterocycles. The summed E-state index contributed by atoms with van der Waals surface area (Å²) in [5.74, 6) is 0.202. The monoisotopic (exact) mass is 410 g/mol. The van der Waals surface area contributed by atoms with Gasteiger partial charge in [-0.1, -0.05) is 42.8 Å². The molecule has 1 heterocycles. The van der Waals surface area contributed by atoms with Crippen LogP contribution in [0.15, 0.2) is 42.5 Å². The Hall–Kier alpha value is -1.97. The van der Waals surface area contributed by atoms with Gasteiger partial charge in [-0.25, -0.2) is 0 Å². The van der Waals surface area contributed by atoms with Crippen LogP contribution in [0.3, 0.4) is 0 Å². The highest BCUT2D eigenvalue weighted by Crippen LogP contribution is 2.38. The molecule has 2 aromatic rings. The second-order valence-electron chi connectivity index (χ2n) is 8.38. The largest absolute Gasteiger partial charge is 0.381 e. The highest BCUT2D eigenvalue weighted by atomic mass is 35.5. The zero-order valence-electron chi connectivity index (χ0n) is 16.8. The predicted molar refractivity (Wildman–Crippen MR) is 115 cm³/mol. The smallest absolute Gasteiger partial charge is 0.148 e. The number of benzene rings is 2. The number of rotatable bonds is 5. The summed E-state index contributed by atoms with van der Waals surface area (Å²) in [5.41, 5.74) is 4.02. The third-order valence-corrected chi connectivity index (χ3v) is 6.58. The van der Waals surface area contributed by atoms with Crippen molar-refractivity contribution in [2.75, 3.05) is 13.2 Å². The average molecular weight is 411 g/mol. The van der Waals surface area contributed by atoms with Crippen molar-refractivity contribution in [3.05, 3.63) is 58.6 Å². The molecule has 0 spiro atoms. The Morgan fingerprint density at radius 2 is 1.66 bits per heavy atom. The standard InChI is InChI=1S/C25H27ClO3/c1-2-18-3-4-20(19-5-7-21(26)8-6-19)14-22(18)25-23(27)12-17(13-24(25)28)11-16-9-10-29-15-16/h3-8,14,16-17,25H,2,9-13,15H2,1H3. The van der Waals surface area contributed by atoms with Gasteiger partial charge in [0, 0.05) is 31.1 Å². The van der Waals surface area contributed by atoms with E-state index in [0.29, 0.717) is 23.8 Å². The number of hydrogen-bond acceptors (Lipinski definition) is 3. The van der Waals surface area contributed by atoms with E-state index in [-0.39, 0.29) is 17.5 Å². The van der Waals surface area contributed by atoms with Gasteiger partial charge in [-0.15, -0.1) is 0 Å². The van der Waals surface area contributed by atoms with Crippen LogP contribution in [0.25, 0.3) is 11.1 Å². The Bertz CT molecular complexity index is 879. The lowest BCUT2D eigenvalue weighted by Crippen LogP contribution is -2.33. The van der Waals surface area contributed by atoms with Gasteiger partial charge in [0.05, 0.1) is 0 Å². The van der Waals surface area contributed by atoms with Crippen LogP contribution in [0.4, 0.5) is 0 Å². The van der Waals surface area contributed by atoms with Crippen molar-refractivity contribution in [2.24, 2.45) is 11.8 Å². The van der Waals surface area contributed by atoms with E-state index in [9.17, 15) is 9.59 Å². The summed E-state index contributed by atoms with van der Waals surface area (Å²) in [4.78, 5) is 26.2. The van der Waals surface area contributed by atoms with E-state index in [1.165, 1.54) is 0 Å². The highest BCUT2D eigenvalue weighted by molar-refractivity contribution is 6.30. The summed E-state index contributed by atoms with van der Waals surface area (Å²) in [6, 6.07) is 13.8. The van der Waals surface area contributed by atoms with E-state index in [0.717, 1.165) is 54.7 Å². The molecule has 2 aliphatic rings. The van der Waals surface area contributed by atoms with Crippen LogP contribution in [-0.2, 0) is 20.7 Å². The molecule has 1 aliphatic heterocycles. The summed E-state index contributed by atoms with van der Waals surface area (Å²) in [6.45, 7) is 3.64. The molecule has 3 nitrogen and oxygen atoms in total. The number of aryl methyl sites for hydroxylation is 1. The number of ketones is 2. The van der Waals surface area contributed by atoms with Crippen molar-refractivity contribution >= 4 is 23.2 Å². The van der Waals surface area contributed by atoms with Crippen LogP contribution in [0.1, 0.15) is 49.7 Å². The summed E-state index contributed by atoms with van der Waals surface area (Å²) >= 11 is 6.02. The first-order chi connectivity index (χ1) is 14.0. The molecule has 1 saturated carbocycles. The van der Waals surface area contributed by atoms with Gasteiger partial charge in [0.2, 0.25) is 0 Å². The van der Waals surface area contributed by atoms with Gasteiger partial charge < -0.3 is 4.74 Å². The molecule has 2 fully saturated rings. The first-order valence-electron chi connectivity index (χ1n) is 10.6. The lowest BCUT2D eigenvalue weighted by atomic mass is 9.72. The summed E-state index contributed by atoms with van der Waals surface area (Å²) in [7, 11) is 0. The van der Waals surface area contributed by atoms with E-state index in [2.05, 4.69) is 19.1 Å². The van der Waals surface area contributed by atoms with Crippen molar-refractivity contribution in [3.8, 4) is 11.1 Å². The minimum Gasteiger partial charge on any atom is -0.381 e. The Balaban J connectivity index is 1.59. The molecule has 1 saturated heterocycles. The third-order valence-electron chi connectivity index (χ3n) is 6.33. The predicted octanol–water partition coefficient (Wildman–Crippen LogP) is 5.63. The lowest BCUT2D eigenvalue weighted by Gasteiger charge is -2.29. The molecule has 0 amide bonds. The minimum atomic E-state index is -0.617. The zero-order chi connectivity index (χ0) is 20.4. The molecule has 4 rings (SSSR count). The Morgan fingerprint density at radius 3 is 2.28 bits per heavy atom. The first-order valence-corrected chi connectivity index (χ1v) is 10.9. The SMILES string of the molecule is CCc1ccc(-c2ccc(Cl)cc2)cc1C1C(=O)CC(CC2CCOC2)CC1=O. The summed E-state index contributed by atoms with van der Waals surface area (Å²) in [6.07, 6.45) is 3.78. The third kappa shape index (κ3) is 4.46. The maximum Gasteiger partial charge on any atom is 0.148 e. The van der Waals surface area contributed by atoms with Crippen LogP contribution in [-0.4, -0.2) is 24.8 Å². The van der Waals surface area contributed by atoms with E-state index >= 15 is 0 Å². The van der Waals surface area contributed by atoms with Gasteiger partial charge >= 0.3 is 0 Å². The molecule has 4 heteroatoms. The van der Waals surface area contributed by atoms with Gasteiger partial charge in [-0.05, 0) is 71.6 Å². The van der Waals surface area contributed by atoms with E-state index in [1.54, 1.807) is 0 Å². The second-order valence-corrected chi connectivity index (χ2v) is 8.82. The number of carbonyl (C=O) groups excluding carboxylic acids is 2. The maximum absolute atomic E-state index is 13.1. The number of hydrogen-bond donors (Lipinski definition) is 0. The molecule has 0 N–H and O–H groups in total. The molecule has 1 unspecified atom stereocenters. The lowest BCUT2D eigenvalue weighted by molar-refractivity contribution is -0.133. The second kappa shape index (κ2) is 8.81. The van der Waals surface area contributed by atoms with Gasteiger partial charge in [0.25, 0.3) is 0 Å².